The highest BCUT2D eigenvalue weighted by atomic mass is 32.1. The summed E-state index contributed by atoms with van der Waals surface area (Å²) < 4.78 is 5.96. The smallest absolute Gasteiger partial charge is 0.360 e. The predicted molar refractivity (Wildman–Crippen MR) is 215 cm³/mol. The van der Waals surface area contributed by atoms with E-state index in [1.165, 1.54) is 11.3 Å². The van der Waals surface area contributed by atoms with Crippen LogP contribution < -0.4 is 5.32 Å². The zero-order chi connectivity index (χ0) is 37.9. The van der Waals surface area contributed by atoms with Crippen LogP contribution in [-0.2, 0) is 37.7 Å². The number of carboxylic acids is 1. The molecule has 1 heterocycles. The van der Waals surface area contributed by atoms with E-state index in [0.717, 1.165) is 38.9 Å². The van der Waals surface area contributed by atoms with Gasteiger partial charge in [-0.15, -0.1) is 11.3 Å². The molecule has 55 heavy (non-hydrogen) atoms. The van der Waals surface area contributed by atoms with Crippen molar-refractivity contribution in [1.82, 2.24) is 4.98 Å². The number of esters is 1. The molecular formula is C46H37N3O5S. The number of hydrogen-bond acceptors (Lipinski definition) is 8. The van der Waals surface area contributed by atoms with Gasteiger partial charge in [0.05, 0.1) is 6.42 Å². The summed E-state index contributed by atoms with van der Waals surface area (Å²) in [5, 5.41) is 19.9. The number of carboxylic acid groups (broad SMARTS) is 1. The number of carbonyl (C=O) groups is 2. The maximum Gasteiger partial charge on any atom is 0.360 e. The first kappa shape index (κ1) is 36.5. The average molecular weight is 744 g/mol. The van der Waals surface area contributed by atoms with Crippen LogP contribution in [0.1, 0.15) is 50.7 Å². The molecule has 0 aliphatic rings. The lowest BCUT2D eigenvalue weighted by Gasteiger charge is -2.36. The van der Waals surface area contributed by atoms with Gasteiger partial charge in [-0.1, -0.05) is 181 Å². The summed E-state index contributed by atoms with van der Waals surface area (Å²) in [7, 11) is 0. The van der Waals surface area contributed by atoms with Gasteiger partial charge < -0.3 is 20.0 Å². The maximum atomic E-state index is 13.1. The Balaban J connectivity index is 1.04. The van der Waals surface area contributed by atoms with E-state index in [2.05, 4.69) is 51.9 Å². The van der Waals surface area contributed by atoms with Gasteiger partial charge in [0.1, 0.15) is 17.8 Å². The van der Waals surface area contributed by atoms with E-state index in [4.69, 9.17) is 9.57 Å². The Labute approximate surface area is 323 Å². The number of nitrogens with one attached hydrogen (secondary N) is 1. The summed E-state index contributed by atoms with van der Waals surface area (Å²) in [5.74, 6) is -1.63. The molecule has 6 aromatic carbocycles. The second-order valence-electron chi connectivity index (χ2n) is 12.7. The lowest BCUT2D eigenvalue weighted by Crippen LogP contribution is -2.38. The summed E-state index contributed by atoms with van der Waals surface area (Å²) in [4.78, 5) is 35.7. The third kappa shape index (κ3) is 8.70. The summed E-state index contributed by atoms with van der Waals surface area (Å²) in [6.07, 6.45) is -0.439. The Morgan fingerprint density at radius 2 is 1.11 bits per heavy atom. The second-order valence-corrected chi connectivity index (χ2v) is 13.6. The SMILES string of the molecule is O=C(Cc1ccc(CON=C(C(=O)O)c2csc(NC(c3ccccc3)(c3ccccc3)c3ccccc3)n2)cc1)OC(c1ccccc1)c1ccccc1. The fraction of sp³-hybridized carbons (Fsp3) is 0.0870. The van der Waals surface area contributed by atoms with E-state index in [-0.39, 0.29) is 30.4 Å². The third-order valence-corrected chi connectivity index (χ3v) is 9.83. The lowest BCUT2D eigenvalue weighted by atomic mass is 9.77. The molecule has 1 aromatic heterocycles. The first-order valence-corrected chi connectivity index (χ1v) is 18.6. The number of aromatic nitrogens is 1. The molecule has 0 fully saturated rings. The lowest BCUT2D eigenvalue weighted by molar-refractivity contribution is -0.146. The standard InChI is InChI=1S/C46H37N3O5S/c50-41(54-43(35-16-6-1-7-17-35)36-18-8-2-9-19-36)30-33-26-28-34(29-27-33)31-53-49-42(44(51)52)40-32-55-45(47-40)48-46(37-20-10-3-11-21-37,38-22-12-4-13-23-38)39-24-14-5-15-25-39/h1-29,32,43H,30-31H2,(H,47,48)(H,51,52). The van der Waals surface area contributed by atoms with Crippen molar-refractivity contribution in [2.24, 2.45) is 5.16 Å². The summed E-state index contributed by atoms with van der Waals surface area (Å²) in [5.41, 5.74) is 5.29. The predicted octanol–water partition coefficient (Wildman–Crippen LogP) is 9.43. The number of aliphatic carboxylic acids is 1. The zero-order valence-corrected chi connectivity index (χ0v) is 30.5. The molecule has 0 spiro atoms. The molecule has 2 N–H and O–H groups in total. The summed E-state index contributed by atoms with van der Waals surface area (Å²) in [6, 6.07) is 56.8. The number of hydrogen-bond donors (Lipinski definition) is 2. The quantitative estimate of drug-likeness (QED) is 0.0466. The molecule has 0 bridgehead atoms. The van der Waals surface area contributed by atoms with E-state index >= 15 is 0 Å². The van der Waals surface area contributed by atoms with Gasteiger partial charge in [-0.3, -0.25) is 4.79 Å². The number of ether oxygens (including phenoxy) is 1. The topological polar surface area (TPSA) is 110 Å². The zero-order valence-electron chi connectivity index (χ0n) is 29.7. The van der Waals surface area contributed by atoms with Crippen LogP contribution in [-0.4, -0.2) is 27.7 Å². The number of carbonyl (C=O) groups excluding carboxylic acids is 1. The molecule has 0 unspecified atom stereocenters. The van der Waals surface area contributed by atoms with Gasteiger partial charge in [0.25, 0.3) is 0 Å². The molecule has 0 radical (unpaired) electrons. The Bertz CT molecular complexity index is 2200. The van der Waals surface area contributed by atoms with E-state index in [9.17, 15) is 14.7 Å². The van der Waals surface area contributed by atoms with Crippen molar-refractivity contribution in [2.45, 2.75) is 24.7 Å². The fourth-order valence-corrected chi connectivity index (χ4v) is 7.18. The van der Waals surface area contributed by atoms with Gasteiger partial charge in [-0.2, -0.15) is 0 Å². The molecule has 0 aliphatic carbocycles. The van der Waals surface area contributed by atoms with Crippen molar-refractivity contribution in [2.75, 3.05) is 5.32 Å². The Morgan fingerprint density at radius 1 is 0.655 bits per heavy atom. The highest BCUT2D eigenvalue weighted by Gasteiger charge is 2.37. The third-order valence-electron chi connectivity index (χ3n) is 9.08. The molecule has 272 valence electrons. The molecule has 0 amide bonds. The van der Waals surface area contributed by atoms with Crippen LogP contribution in [0.25, 0.3) is 0 Å². The molecule has 0 aliphatic heterocycles. The molecule has 7 aromatic rings. The van der Waals surface area contributed by atoms with E-state index in [0.29, 0.717) is 5.13 Å². The largest absolute Gasteiger partial charge is 0.476 e. The number of nitrogens with zero attached hydrogens (tertiary/aromatic N) is 2. The first-order chi connectivity index (χ1) is 27.0. The molecule has 8 nitrogen and oxygen atoms in total. The highest BCUT2D eigenvalue weighted by Crippen LogP contribution is 2.40. The monoisotopic (exact) mass is 743 g/mol. The maximum absolute atomic E-state index is 13.1. The summed E-state index contributed by atoms with van der Waals surface area (Å²) in [6.45, 7) is 0.0139. The van der Waals surface area contributed by atoms with Crippen LogP contribution in [0.2, 0.25) is 0 Å². The van der Waals surface area contributed by atoms with E-state index in [1.807, 2.05) is 140 Å². The fourth-order valence-electron chi connectivity index (χ4n) is 6.43. The van der Waals surface area contributed by atoms with Gasteiger partial charge in [-0.25, -0.2) is 9.78 Å². The van der Waals surface area contributed by atoms with Crippen LogP contribution in [0.5, 0.6) is 0 Å². The van der Waals surface area contributed by atoms with E-state index in [1.54, 1.807) is 5.38 Å². The molecule has 0 saturated carbocycles. The van der Waals surface area contributed by atoms with Crippen molar-refractivity contribution >= 4 is 34.1 Å². The van der Waals surface area contributed by atoms with Crippen molar-refractivity contribution in [3.05, 3.63) is 226 Å². The molecule has 9 heteroatoms. The van der Waals surface area contributed by atoms with Crippen LogP contribution in [0.15, 0.2) is 186 Å². The molecule has 7 rings (SSSR count). The number of anilines is 1. The molecule has 0 saturated heterocycles. The Kier molecular flexibility index (Phi) is 11.5. The first-order valence-electron chi connectivity index (χ1n) is 17.7. The minimum absolute atomic E-state index is 0.0139. The Hall–Kier alpha value is -6.84. The number of rotatable bonds is 15. The molecule has 0 atom stereocenters. The van der Waals surface area contributed by atoms with Crippen LogP contribution in [0, 0.1) is 0 Å². The minimum atomic E-state index is -1.27. The number of thiazole rings is 1. The van der Waals surface area contributed by atoms with Gasteiger partial charge in [0, 0.05) is 5.38 Å². The number of benzene rings is 6. The van der Waals surface area contributed by atoms with Gasteiger partial charge in [0.15, 0.2) is 11.2 Å². The molecular weight excluding hydrogens is 707 g/mol. The van der Waals surface area contributed by atoms with Crippen LogP contribution in [0.3, 0.4) is 0 Å². The van der Waals surface area contributed by atoms with Gasteiger partial charge >= 0.3 is 11.9 Å². The van der Waals surface area contributed by atoms with Crippen molar-refractivity contribution in [3.8, 4) is 0 Å². The van der Waals surface area contributed by atoms with Crippen molar-refractivity contribution in [3.63, 3.8) is 0 Å². The van der Waals surface area contributed by atoms with E-state index < -0.39 is 17.6 Å². The summed E-state index contributed by atoms with van der Waals surface area (Å²) >= 11 is 1.28. The van der Waals surface area contributed by atoms with Crippen molar-refractivity contribution in [1.29, 1.82) is 0 Å². The highest BCUT2D eigenvalue weighted by molar-refractivity contribution is 7.14. The van der Waals surface area contributed by atoms with Crippen molar-refractivity contribution < 1.29 is 24.3 Å². The second kappa shape index (κ2) is 17.3. The number of oxime groups is 1. The average Bonchev–Trinajstić information content (AvgIpc) is 3.70. The Morgan fingerprint density at radius 3 is 1.58 bits per heavy atom. The van der Waals surface area contributed by atoms with Crippen LogP contribution >= 0.6 is 11.3 Å². The van der Waals surface area contributed by atoms with Crippen LogP contribution in [0.4, 0.5) is 5.13 Å². The normalized spacial score (nSPS) is 11.5. The van der Waals surface area contributed by atoms with Gasteiger partial charge in [0.2, 0.25) is 5.71 Å². The minimum Gasteiger partial charge on any atom is -0.476 e. The van der Waals surface area contributed by atoms with Gasteiger partial charge in [-0.05, 0) is 38.9 Å².